The third-order valence-electron chi connectivity index (χ3n) is 3.96. The topological polar surface area (TPSA) is 86.9 Å². The van der Waals surface area contributed by atoms with Crippen molar-refractivity contribution in [1.82, 2.24) is 9.97 Å². The zero-order chi connectivity index (χ0) is 16.5. The van der Waals surface area contributed by atoms with E-state index in [0.717, 1.165) is 23.9 Å². The maximum absolute atomic E-state index is 12.4. The van der Waals surface area contributed by atoms with Crippen LogP contribution in [0.5, 0.6) is 0 Å². The summed E-state index contributed by atoms with van der Waals surface area (Å²) >= 11 is 0. The number of benzene rings is 2. The summed E-state index contributed by atoms with van der Waals surface area (Å²) in [5.41, 5.74) is 2.74. The normalized spacial score (nSPS) is 13.7. The molecular formula is C18H16N4O2. The van der Waals surface area contributed by atoms with E-state index in [4.69, 9.17) is 0 Å². The van der Waals surface area contributed by atoms with Crippen molar-refractivity contribution < 1.29 is 9.59 Å². The second kappa shape index (κ2) is 5.81. The number of aromatic amines is 1. The number of carbonyl (C=O) groups is 2. The van der Waals surface area contributed by atoms with Crippen molar-refractivity contribution in [3.05, 3.63) is 54.1 Å². The summed E-state index contributed by atoms with van der Waals surface area (Å²) in [6.45, 7) is 0. The smallest absolute Gasteiger partial charge is 0.258 e. The lowest BCUT2D eigenvalue weighted by Gasteiger charge is -2.07. The summed E-state index contributed by atoms with van der Waals surface area (Å²) in [5.74, 6) is 0.257. The van der Waals surface area contributed by atoms with Crippen LogP contribution < -0.4 is 10.6 Å². The van der Waals surface area contributed by atoms with Crippen molar-refractivity contribution in [2.75, 3.05) is 10.6 Å². The number of para-hydroxylation sites is 2. The predicted octanol–water partition coefficient (Wildman–Crippen LogP) is 3.16. The largest absolute Gasteiger partial charge is 0.326 e. The number of nitrogens with one attached hydrogen (secondary N) is 3. The highest BCUT2D eigenvalue weighted by Crippen LogP contribution is 2.30. The molecule has 24 heavy (non-hydrogen) atoms. The maximum Gasteiger partial charge on any atom is 0.258 e. The zero-order valence-corrected chi connectivity index (χ0v) is 12.9. The second-order valence-electron chi connectivity index (χ2n) is 5.90. The van der Waals surface area contributed by atoms with Gasteiger partial charge in [-0.3, -0.25) is 14.9 Å². The van der Waals surface area contributed by atoms with E-state index in [1.807, 2.05) is 24.3 Å². The summed E-state index contributed by atoms with van der Waals surface area (Å²) in [4.78, 5) is 31.6. The quantitative estimate of drug-likeness (QED) is 0.690. The third-order valence-corrected chi connectivity index (χ3v) is 3.96. The molecule has 0 atom stereocenters. The lowest BCUT2D eigenvalue weighted by Crippen LogP contribution is -2.15. The van der Waals surface area contributed by atoms with E-state index in [1.165, 1.54) is 0 Å². The molecule has 0 aliphatic heterocycles. The van der Waals surface area contributed by atoms with Crippen molar-refractivity contribution in [2.24, 2.45) is 5.92 Å². The highest BCUT2D eigenvalue weighted by molar-refractivity contribution is 6.05. The van der Waals surface area contributed by atoms with E-state index in [1.54, 1.807) is 24.3 Å². The fourth-order valence-electron chi connectivity index (χ4n) is 2.52. The molecule has 1 heterocycles. The van der Waals surface area contributed by atoms with Gasteiger partial charge in [-0.2, -0.15) is 0 Å². The Kier molecular flexibility index (Phi) is 3.49. The number of rotatable bonds is 4. The number of H-pyrrole nitrogens is 1. The molecular weight excluding hydrogens is 304 g/mol. The Hall–Kier alpha value is -3.15. The Morgan fingerprint density at radius 2 is 1.88 bits per heavy atom. The molecule has 1 saturated carbocycles. The molecule has 0 unspecified atom stereocenters. The second-order valence-corrected chi connectivity index (χ2v) is 5.90. The molecule has 6 heteroatoms. The summed E-state index contributed by atoms with van der Waals surface area (Å²) in [6, 6.07) is 14.4. The summed E-state index contributed by atoms with van der Waals surface area (Å²) in [5, 5.41) is 5.59. The molecule has 0 bridgehead atoms. The van der Waals surface area contributed by atoms with Gasteiger partial charge in [-0.15, -0.1) is 0 Å². The Labute approximate surface area is 138 Å². The minimum atomic E-state index is -0.281. The Morgan fingerprint density at radius 1 is 1.04 bits per heavy atom. The highest BCUT2D eigenvalue weighted by Gasteiger charge is 2.29. The van der Waals surface area contributed by atoms with Gasteiger partial charge < -0.3 is 10.3 Å². The molecule has 1 aliphatic carbocycles. The van der Waals surface area contributed by atoms with Crippen LogP contribution in [0, 0.1) is 5.92 Å². The number of nitrogens with zero attached hydrogens (tertiary/aromatic N) is 1. The number of amides is 2. The first-order chi connectivity index (χ1) is 11.7. The summed E-state index contributed by atoms with van der Waals surface area (Å²) in [7, 11) is 0. The minimum Gasteiger partial charge on any atom is -0.326 e. The van der Waals surface area contributed by atoms with Gasteiger partial charge in [0.15, 0.2) is 0 Å². The number of hydrogen-bond donors (Lipinski definition) is 3. The van der Waals surface area contributed by atoms with Crippen LogP contribution in [-0.2, 0) is 4.79 Å². The predicted molar refractivity (Wildman–Crippen MR) is 91.8 cm³/mol. The van der Waals surface area contributed by atoms with Crippen molar-refractivity contribution in [2.45, 2.75) is 12.8 Å². The molecule has 3 N–H and O–H groups in total. The van der Waals surface area contributed by atoms with Gasteiger partial charge in [0.25, 0.3) is 5.91 Å². The molecule has 120 valence electrons. The Balaban J connectivity index is 1.50. The van der Waals surface area contributed by atoms with Crippen molar-refractivity contribution in [1.29, 1.82) is 0 Å². The maximum atomic E-state index is 12.4. The third kappa shape index (κ3) is 2.99. The van der Waals surface area contributed by atoms with Gasteiger partial charge in [-0.05, 0) is 43.2 Å². The van der Waals surface area contributed by atoms with Crippen LogP contribution >= 0.6 is 0 Å². The number of fused-ring (bicyclic) bond motifs is 1. The first kappa shape index (κ1) is 14.4. The van der Waals surface area contributed by atoms with Crippen molar-refractivity contribution in [3.8, 4) is 0 Å². The van der Waals surface area contributed by atoms with Gasteiger partial charge >= 0.3 is 0 Å². The van der Waals surface area contributed by atoms with Crippen LogP contribution in [0.3, 0.4) is 0 Å². The van der Waals surface area contributed by atoms with E-state index in [0.29, 0.717) is 17.2 Å². The SMILES string of the molecule is O=C(Nc1nc2ccccc2[nH]1)c1cccc(NC(=O)C2CC2)c1. The number of hydrogen-bond acceptors (Lipinski definition) is 3. The van der Waals surface area contributed by atoms with Gasteiger partial charge in [0, 0.05) is 17.2 Å². The molecule has 3 aromatic rings. The van der Waals surface area contributed by atoms with Crippen molar-refractivity contribution >= 4 is 34.5 Å². The minimum absolute atomic E-state index is 0.0184. The van der Waals surface area contributed by atoms with E-state index in [2.05, 4.69) is 20.6 Å². The van der Waals surface area contributed by atoms with Gasteiger partial charge in [0.05, 0.1) is 11.0 Å². The van der Waals surface area contributed by atoms with Crippen LogP contribution in [0.1, 0.15) is 23.2 Å². The lowest BCUT2D eigenvalue weighted by molar-refractivity contribution is -0.117. The van der Waals surface area contributed by atoms with Crippen LogP contribution in [0.4, 0.5) is 11.6 Å². The van der Waals surface area contributed by atoms with Gasteiger partial charge in [-0.1, -0.05) is 18.2 Å². The number of aromatic nitrogens is 2. The molecule has 0 radical (unpaired) electrons. The molecule has 4 rings (SSSR count). The lowest BCUT2D eigenvalue weighted by atomic mass is 10.2. The number of imidazole rings is 1. The molecule has 6 nitrogen and oxygen atoms in total. The molecule has 1 fully saturated rings. The molecule has 2 amide bonds. The molecule has 1 aliphatic rings. The van der Waals surface area contributed by atoms with Gasteiger partial charge in [0.2, 0.25) is 11.9 Å². The first-order valence-electron chi connectivity index (χ1n) is 7.86. The van der Waals surface area contributed by atoms with Crippen LogP contribution in [0.25, 0.3) is 11.0 Å². The van der Waals surface area contributed by atoms with E-state index >= 15 is 0 Å². The fourth-order valence-corrected chi connectivity index (χ4v) is 2.52. The Morgan fingerprint density at radius 3 is 2.67 bits per heavy atom. The molecule has 0 spiro atoms. The standard InChI is InChI=1S/C18H16N4O2/c23-16(11-8-9-11)19-13-5-3-4-12(10-13)17(24)22-18-20-14-6-1-2-7-15(14)21-18/h1-7,10-11H,8-9H2,(H,19,23)(H2,20,21,22,24). The highest BCUT2D eigenvalue weighted by atomic mass is 16.2. The van der Waals surface area contributed by atoms with E-state index in [-0.39, 0.29) is 17.7 Å². The number of anilines is 2. The average molecular weight is 320 g/mol. The summed E-state index contributed by atoms with van der Waals surface area (Å²) in [6.07, 6.45) is 1.89. The number of carbonyl (C=O) groups excluding carboxylic acids is 2. The molecule has 0 saturated heterocycles. The van der Waals surface area contributed by atoms with Crippen molar-refractivity contribution in [3.63, 3.8) is 0 Å². The van der Waals surface area contributed by atoms with Crippen LogP contribution in [0.2, 0.25) is 0 Å². The Bertz CT molecular complexity index is 894. The molecule has 2 aromatic carbocycles. The summed E-state index contributed by atoms with van der Waals surface area (Å²) < 4.78 is 0. The van der Waals surface area contributed by atoms with Crippen LogP contribution in [-0.4, -0.2) is 21.8 Å². The van der Waals surface area contributed by atoms with E-state index < -0.39 is 0 Å². The monoisotopic (exact) mass is 320 g/mol. The van der Waals surface area contributed by atoms with Crippen LogP contribution in [0.15, 0.2) is 48.5 Å². The molecule has 1 aromatic heterocycles. The van der Waals surface area contributed by atoms with E-state index in [9.17, 15) is 9.59 Å². The fraction of sp³-hybridized carbons (Fsp3) is 0.167. The van der Waals surface area contributed by atoms with Gasteiger partial charge in [0.1, 0.15) is 0 Å². The average Bonchev–Trinajstić information content (AvgIpc) is 3.35. The first-order valence-corrected chi connectivity index (χ1v) is 7.86. The van der Waals surface area contributed by atoms with Gasteiger partial charge in [-0.25, -0.2) is 4.98 Å². The zero-order valence-electron chi connectivity index (χ0n) is 12.9.